The van der Waals surface area contributed by atoms with E-state index in [-0.39, 0.29) is 31.1 Å². The van der Waals surface area contributed by atoms with Gasteiger partial charge in [0.05, 0.1) is 12.0 Å². The Labute approximate surface area is 133 Å². The number of benzene rings is 1. The molecule has 1 aliphatic heterocycles. The molecule has 1 aliphatic rings. The minimum atomic E-state index is -3.64. The summed E-state index contributed by atoms with van der Waals surface area (Å²) in [6, 6.07) is 6.05. The van der Waals surface area contributed by atoms with Crippen LogP contribution in [0.5, 0.6) is 5.75 Å². The van der Waals surface area contributed by atoms with Crippen LogP contribution in [0.1, 0.15) is 0 Å². The van der Waals surface area contributed by atoms with Crippen LogP contribution in [0, 0.1) is 0 Å². The molecular formula is C13H16ClFN2O4S. The number of carbonyl (C=O) groups is 1. The standard InChI is InChI=1S/C13H16ClFN2O4S/c1-21-10-2-4-11(5-3-10)22(19,20)17-8-6-16(7-9-17)13(18)12(14)15/h2-5,12H,6-9H2,1H3. The summed E-state index contributed by atoms with van der Waals surface area (Å²) >= 11 is 5.11. The van der Waals surface area contributed by atoms with Gasteiger partial charge in [-0.2, -0.15) is 4.31 Å². The van der Waals surface area contributed by atoms with E-state index >= 15 is 0 Å². The SMILES string of the molecule is COc1ccc(S(=O)(=O)N2CCN(C(=O)C(F)Cl)CC2)cc1. The smallest absolute Gasteiger partial charge is 0.272 e. The molecule has 0 spiro atoms. The Kier molecular flexibility index (Phi) is 5.25. The highest BCUT2D eigenvalue weighted by Crippen LogP contribution is 2.21. The third-order valence-corrected chi connectivity index (χ3v) is 5.53. The lowest BCUT2D eigenvalue weighted by atomic mass is 10.3. The Balaban J connectivity index is 2.07. The fourth-order valence-corrected chi connectivity index (χ4v) is 3.74. The van der Waals surface area contributed by atoms with Crippen LogP contribution < -0.4 is 4.74 Å². The van der Waals surface area contributed by atoms with Crippen LogP contribution >= 0.6 is 11.6 Å². The van der Waals surface area contributed by atoms with E-state index in [4.69, 9.17) is 16.3 Å². The number of nitrogens with zero attached hydrogens (tertiary/aromatic N) is 2. The summed E-state index contributed by atoms with van der Waals surface area (Å²) in [5.74, 6) is -0.270. The maximum Gasteiger partial charge on any atom is 0.272 e. The highest BCUT2D eigenvalue weighted by molar-refractivity contribution is 7.89. The van der Waals surface area contributed by atoms with Crippen molar-refractivity contribution in [3.63, 3.8) is 0 Å². The highest BCUT2D eigenvalue weighted by atomic mass is 35.5. The molecule has 0 aliphatic carbocycles. The summed E-state index contributed by atoms with van der Waals surface area (Å²) in [4.78, 5) is 12.8. The quantitative estimate of drug-likeness (QED) is 0.762. The molecule has 6 nitrogen and oxygen atoms in total. The van der Waals surface area contributed by atoms with Gasteiger partial charge in [-0.25, -0.2) is 12.8 Å². The van der Waals surface area contributed by atoms with E-state index in [1.165, 1.54) is 28.4 Å². The van der Waals surface area contributed by atoms with Gasteiger partial charge >= 0.3 is 0 Å². The fourth-order valence-electron chi connectivity index (χ4n) is 2.18. The van der Waals surface area contributed by atoms with E-state index < -0.39 is 21.6 Å². The lowest BCUT2D eigenvalue weighted by Gasteiger charge is -2.34. The number of carbonyl (C=O) groups excluding carboxylic acids is 1. The van der Waals surface area contributed by atoms with Crippen LogP contribution in [-0.4, -0.2) is 62.4 Å². The Morgan fingerprint density at radius 2 is 1.77 bits per heavy atom. The molecule has 0 saturated carbocycles. The number of halogens is 2. The van der Waals surface area contributed by atoms with Crippen LogP contribution in [0.25, 0.3) is 0 Å². The first kappa shape index (κ1) is 17.0. The van der Waals surface area contributed by atoms with Gasteiger partial charge in [-0.1, -0.05) is 11.6 Å². The van der Waals surface area contributed by atoms with Crippen molar-refractivity contribution in [2.24, 2.45) is 0 Å². The van der Waals surface area contributed by atoms with Crippen LogP contribution in [0.2, 0.25) is 0 Å². The number of rotatable bonds is 4. The molecule has 0 radical (unpaired) electrons. The van der Waals surface area contributed by atoms with Crippen molar-refractivity contribution in [2.75, 3.05) is 33.3 Å². The van der Waals surface area contributed by atoms with Gasteiger partial charge in [0.1, 0.15) is 5.75 Å². The molecule has 1 fully saturated rings. The number of methoxy groups -OCH3 is 1. The number of ether oxygens (including phenoxy) is 1. The number of alkyl halides is 2. The van der Waals surface area contributed by atoms with Crippen LogP contribution in [0.4, 0.5) is 4.39 Å². The molecule has 0 aromatic heterocycles. The average molecular weight is 351 g/mol. The molecule has 0 bridgehead atoms. The fraction of sp³-hybridized carbons (Fsp3) is 0.462. The number of hydrogen-bond donors (Lipinski definition) is 0. The lowest BCUT2D eigenvalue weighted by molar-refractivity contribution is -0.134. The second-order valence-electron chi connectivity index (χ2n) is 4.71. The average Bonchev–Trinajstić information content (AvgIpc) is 2.54. The Morgan fingerprint density at radius 3 is 2.23 bits per heavy atom. The minimum absolute atomic E-state index is 0.101. The van der Waals surface area contributed by atoms with Crippen molar-refractivity contribution < 1.29 is 22.3 Å². The number of amides is 1. The third-order valence-electron chi connectivity index (χ3n) is 3.43. The molecule has 1 amide bonds. The van der Waals surface area contributed by atoms with E-state index in [9.17, 15) is 17.6 Å². The van der Waals surface area contributed by atoms with Crippen molar-refractivity contribution in [1.29, 1.82) is 0 Å². The maximum absolute atomic E-state index is 12.8. The zero-order chi connectivity index (χ0) is 16.3. The Morgan fingerprint density at radius 1 is 1.23 bits per heavy atom. The molecule has 1 saturated heterocycles. The molecule has 1 atom stereocenters. The Hall–Kier alpha value is -1.38. The molecule has 22 heavy (non-hydrogen) atoms. The Bertz CT molecular complexity index is 628. The summed E-state index contributed by atoms with van der Waals surface area (Å²) in [5, 5.41) is 0. The first-order chi connectivity index (χ1) is 10.4. The predicted molar refractivity (Wildman–Crippen MR) is 79.1 cm³/mol. The van der Waals surface area contributed by atoms with Gasteiger partial charge in [-0.05, 0) is 24.3 Å². The van der Waals surface area contributed by atoms with Crippen molar-refractivity contribution in [2.45, 2.75) is 10.5 Å². The number of piperazine rings is 1. The van der Waals surface area contributed by atoms with Crippen LogP contribution in [0.3, 0.4) is 0 Å². The third kappa shape index (κ3) is 3.50. The summed E-state index contributed by atoms with van der Waals surface area (Å²) in [5.41, 5.74) is -2.09. The minimum Gasteiger partial charge on any atom is -0.497 e. The van der Waals surface area contributed by atoms with Gasteiger partial charge in [0.2, 0.25) is 10.0 Å². The molecule has 1 aromatic rings. The molecule has 0 N–H and O–H groups in total. The van der Waals surface area contributed by atoms with E-state index in [1.54, 1.807) is 12.1 Å². The van der Waals surface area contributed by atoms with Gasteiger partial charge in [-0.15, -0.1) is 0 Å². The van der Waals surface area contributed by atoms with Crippen molar-refractivity contribution >= 4 is 27.5 Å². The van der Waals surface area contributed by atoms with Gasteiger partial charge in [0.15, 0.2) is 0 Å². The molecule has 1 unspecified atom stereocenters. The van der Waals surface area contributed by atoms with Crippen molar-refractivity contribution in [3.8, 4) is 5.75 Å². The molecule has 1 heterocycles. The summed E-state index contributed by atoms with van der Waals surface area (Å²) < 4.78 is 44.0. The van der Waals surface area contributed by atoms with E-state index in [1.807, 2.05) is 0 Å². The van der Waals surface area contributed by atoms with Crippen molar-refractivity contribution in [3.05, 3.63) is 24.3 Å². The first-order valence-electron chi connectivity index (χ1n) is 6.57. The summed E-state index contributed by atoms with van der Waals surface area (Å²) in [7, 11) is -2.15. The predicted octanol–water partition coefficient (Wildman–Crippen LogP) is 1.06. The zero-order valence-electron chi connectivity index (χ0n) is 11.9. The second-order valence-corrected chi connectivity index (χ2v) is 7.03. The molecule has 1 aromatic carbocycles. The maximum atomic E-state index is 12.8. The van der Waals surface area contributed by atoms with Gasteiger partial charge in [0, 0.05) is 26.2 Å². The van der Waals surface area contributed by atoms with Crippen LogP contribution in [0.15, 0.2) is 29.2 Å². The zero-order valence-corrected chi connectivity index (χ0v) is 13.5. The summed E-state index contributed by atoms with van der Waals surface area (Å²) in [6.45, 7) is 0.427. The molecule has 9 heteroatoms. The number of sulfonamides is 1. The molecular weight excluding hydrogens is 335 g/mol. The van der Waals surface area contributed by atoms with Gasteiger partial charge in [0.25, 0.3) is 11.5 Å². The van der Waals surface area contributed by atoms with E-state index in [2.05, 4.69) is 0 Å². The van der Waals surface area contributed by atoms with E-state index in [0.717, 1.165) is 0 Å². The topological polar surface area (TPSA) is 66.9 Å². The monoisotopic (exact) mass is 350 g/mol. The normalized spacial score (nSPS) is 18.0. The molecule has 2 rings (SSSR count). The van der Waals surface area contributed by atoms with Gasteiger partial charge in [-0.3, -0.25) is 4.79 Å². The summed E-state index contributed by atoms with van der Waals surface area (Å²) in [6.07, 6.45) is 0. The van der Waals surface area contributed by atoms with Gasteiger partial charge < -0.3 is 9.64 Å². The molecule has 122 valence electrons. The largest absolute Gasteiger partial charge is 0.497 e. The second kappa shape index (κ2) is 6.80. The first-order valence-corrected chi connectivity index (χ1v) is 8.45. The van der Waals surface area contributed by atoms with E-state index in [0.29, 0.717) is 5.75 Å². The number of hydrogen-bond acceptors (Lipinski definition) is 4. The van der Waals surface area contributed by atoms with Crippen molar-refractivity contribution in [1.82, 2.24) is 9.21 Å². The van der Waals surface area contributed by atoms with Crippen LogP contribution in [-0.2, 0) is 14.8 Å². The highest BCUT2D eigenvalue weighted by Gasteiger charge is 2.31. The lowest BCUT2D eigenvalue weighted by Crippen LogP contribution is -2.51.